The molecule has 1 aromatic rings. The first-order valence-electron chi connectivity index (χ1n) is 8.56. The van der Waals surface area contributed by atoms with Crippen LogP contribution in [0.25, 0.3) is 0 Å². The Morgan fingerprint density at radius 1 is 1.20 bits per heavy atom. The van der Waals surface area contributed by atoms with Gasteiger partial charge in [-0.3, -0.25) is 14.4 Å². The summed E-state index contributed by atoms with van der Waals surface area (Å²) in [5, 5.41) is 0. The van der Waals surface area contributed by atoms with Crippen LogP contribution in [0.4, 0.5) is 0 Å². The van der Waals surface area contributed by atoms with Crippen molar-refractivity contribution >= 4 is 33.5 Å². The first-order chi connectivity index (χ1) is 12.0. The smallest absolute Gasteiger partial charge is 0.309 e. The van der Waals surface area contributed by atoms with Crippen molar-refractivity contribution in [1.29, 1.82) is 0 Å². The zero-order chi connectivity index (χ0) is 18.0. The van der Waals surface area contributed by atoms with E-state index in [1.807, 2.05) is 0 Å². The Morgan fingerprint density at radius 3 is 2.48 bits per heavy atom. The van der Waals surface area contributed by atoms with E-state index in [1.165, 1.54) is 0 Å². The van der Waals surface area contributed by atoms with Gasteiger partial charge < -0.3 is 9.47 Å². The molecule has 2 bridgehead atoms. The number of rotatable bonds is 5. The van der Waals surface area contributed by atoms with Gasteiger partial charge >= 0.3 is 5.97 Å². The summed E-state index contributed by atoms with van der Waals surface area (Å²) in [5.41, 5.74) is 0.455. The largest absolute Gasteiger partial charge is 0.496 e. The van der Waals surface area contributed by atoms with Crippen molar-refractivity contribution in [2.45, 2.75) is 32.1 Å². The highest BCUT2D eigenvalue weighted by atomic mass is 79.9. The lowest BCUT2D eigenvalue weighted by molar-refractivity contribution is -0.152. The molecule has 6 heteroatoms. The summed E-state index contributed by atoms with van der Waals surface area (Å²) in [7, 11) is 1.55. The molecule has 2 fully saturated rings. The molecule has 0 heterocycles. The molecule has 2 aliphatic rings. The summed E-state index contributed by atoms with van der Waals surface area (Å²) in [6.07, 6.45) is 3.94. The van der Waals surface area contributed by atoms with E-state index in [9.17, 15) is 14.4 Å². The molecule has 134 valence electrons. The number of ketones is 2. The molecule has 3 rings (SSSR count). The number of hydrogen-bond donors (Lipinski definition) is 0. The van der Waals surface area contributed by atoms with Gasteiger partial charge in [-0.15, -0.1) is 0 Å². The van der Waals surface area contributed by atoms with Crippen LogP contribution in [0.5, 0.6) is 5.75 Å². The number of hydrogen-bond acceptors (Lipinski definition) is 5. The molecular formula is C19H21BrO5. The summed E-state index contributed by atoms with van der Waals surface area (Å²) in [4.78, 5) is 36.7. The molecule has 2 aliphatic carbocycles. The Morgan fingerprint density at radius 2 is 1.88 bits per heavy atom. The molecule has 0 amide bonds. The summed E-state index contributed by atoms with van der Waals surface area (Å²) in [5.74, 6) is 0.0653. The van der Waals surface area contributed by atoms with Gasteiger partial charge in [-0.1, -0.05) is 6.42 Å². The van der Waals surface area contributed by atoms with Crippen molar-refractivity contribution in [3.05, 3.63) is 28.2 Å². The highest BCUT2D eigenvalue weighted by Gasteiger charge is 2.41. The number of esters is 1. The molecule has 1 aromatic carbocycles. The van der Waals surface area contributed by atoms with E-state index < -0.39 is 0 Å². The quantitative estimate of drug-likeness (QED) is 0.549. The van der Waals surface area contributed by atoms with Gasteiger partial charge in [0.1, 0.15) is 11.5 Å². The average Bonchev–Trinajstić information content (AvgIpc) is 2.59. The minimum atomic E-state index is -0.356. The SMILES string of the molecule is COc1ccc(C(=O)COC(=O)C2C[C@H]3CCC[C@H](C2)C3=O)cc1Br. The van der Waals surface area contributed by atoms with E-state index in [0.717, 1.165) is 19.3 Å². The minimum Gasteiger partial charge on any atom is -0.496 e. The fourth-order valence-corrected chi connectivity index (χ4v) is 4.39. The molecule has 0 radical (unpaired) electrons. The zero-order valence-electron chi connectivity index (χ0n) is 14.1. The Hall–Kier alpha value is -1.69. The second-order valence-corrected chi connectivity index (χ2v) is 7.63. The van der Waals surface area contributed by atoms with Gasteiger partial charge in [0.05, 0.1) is 17.5 Å². The summed E-state index contributed by atoms with van der Waals surface area (Å²) >= 11 is 3.33. The molecule has 2 saturated carbocycles. The number of carbonyl (C=O) groups excluding carboxylic acids is 3. The molecule has 5 nitrogen and oxygen atoms in total. The predicted octanol–water partition coefficient (Wildman–Crippen LogP) is 3.58. The maximum absolute atomic E-state index is 12.3. The molecule has 0 aromatic heterocycles. The van der Waals surface area contributed by atoms with Crippen LogP contribution in [-0.2, 0) is 14.3 Å². The molecule has 0 spiro atoms. The Balaban J connectivity index is 1.56. The van der Waals surface area contributed by atoms with Crippen LogP contribution >= 0.6 is 15.9 Å². The third-order valence-electron chi connectivity index (χ3n) is 5.20. The number of Topliss-reactive ketones (excluding diaryl/α,β-unsaturated/α-hetero) is 2. The van der Waals surface area contributed by atoms with Gasteiger partial charge in [-0.2, -0.15) is 0 Å². The van der Waals surface area contributed by atoms with Gasteiger partial charge in [0.2, 0.25) is 0 Å². The van der Waals surface area contributed by atoms with Crippen molar-refractivity contribution in [2.24, 2.45) is 17.8 Å². The van der Waals surface area contributed by atoms with Crippen molar-refractivity contribution in [3.63, 3.8) is 0 Å². The van der Waals surface area contributed by atoms with Crippen LogP contribution < -0.4 is 4.74 Å². The van der Waals surface area contributed by atoms with Crippen LogP contribution in [0.15, 0.2) is 22.7 Å². The van der Waals surface area contributed by atoms with Gasteiger partial charge in [0, 0.05) is 17.4 Å². The Kier molecular flexibility index (Phi) is 5.57. The molecule has 25 heavy (non-hydrogen) atoms. The normalized spacial score (nSPS) is 25.4. The fraction of sp³-hybridized carbons (Fsp3) is 0.526. The molecular weight excluding hydrogens is 388 g/mol. The summed E-state index contributed by atoms with van der Waals surface area (Å²) < 4.78 is 11.1. The van der Waals surface area contributed by atoms with Gasteiger partial charge in [-0.05, 0) is 59.8 Å². The van der Waals surface area contributed by atoms with E-state index in [4.69, 9.17) is 9.47 Å². The predicted molar refractivity (Wildman–Crippen MR) is 94.5 cm³/mol. The van der Waals surface area contributed by atoms with Crippen molar-refractivity contribution in [1.82, 2.24) is 0 Å². The van der Waals surface area contributed by atoms with Gasteiger partial charge in [-0.25, -0.2) is 0 Å². The Bertz CT molecular complexity index is 683. The topological polar surface area (TPSA) is 69.7 Å². The van der Waals surface area contributed by atoms with Crippen LogP contribution in [-0.4, -0.2) is 31.3 Å². The molecule has 2 atom stereocenters. The fourth-order valence-electron chi connectivity index (χ4n) is 3.85. The van der Waals surface area contributed by atoms with Crippen LogP contribution in [0.1, 0.15) is 42.5 Å². The molecule has 0 unspecified atom stereocenters. The lowest BCUT2D eigenvalue weighted by atomic mass is 9.67. The van der Waals surface area contributed by atoms with Gasteiger partial charge in [0.25, 0.3) is 0 Å². The first kappa shape index (κ1) is 18.1. The standard InChI is InChI=1S/C19H21BrO5/c1-24-17-6-5-11(9-15(17)20)16(21)10-25-19(23)14-7-12-3-2-4-13(8-14)18(12)22/h5-6,9,12-14H,2-4,7-8,10H2,1H3/t12-,13-/m1/s1. The highest BCUT2D eigenvalue weighted by molar-refractivity contribution is 9.10. The first-order valence-corrected chi connectivity index (χ1v) is 9.36. The van der Waals surface area contributed by atoms with Crippen LogP contribution in [0.3, 0.4) is 0 Å². The molecule has 0 N–H and O–H groups in total. The van der Waals surface area contributed by atoms with Crippen molar-refractivity contribution in [2.75, 3.05) is 13.7 Å². The number of carbonyl (C=O) groups is 3. The molecule has 0 saturated heterocycles. The number of methoxy groups -OCH3 is 1. The average molecular weight is 409 g/mol. The minimum absolute atomic E-state index is 0.00158. The second-order valence-electron chi connectivity index (χ2n) is 6.78. The zero-order valence-corrected chi connectivity index (χ0v) is 15.7. The maximum atomic E-state index is 12.3. The lowest BCUT2D eigenvalue weighted by Gasteiger charge is -2.36. The lowest BCUT2D eigenvalue weighted by Crippen LogP contribution is -2.39. The molecule has 0 aliphatic heterocycles. The Labute approximate surface area is 155 Å². The summed E-state index contributed by atoms with van der Waals surface area (Å²) in [6.45, 7) is -0.280. The van der Waals surface area contributed by atoms with E-state index in [0.29, 0.717) is 34.4 Å². The van der Waals surface area contributed by atoms with Crippen molar-refractivity contribution < 1.29 is 23.9 Å². The van der Waals surface area contributed by atoms with Crippen LogP contribution in [0, 0.1) is 17.8 Å². The second kappa shape index (κ2) is 7.68. The van der Waals surface area contributed by atoms with E-state index >= 15 is 0 Å². The van der Waals surface area contributed by atoms with E-state index in [-0.39, 0.29) is 36.1 Å². The number of halogens is 1. The third kappa shape index (κ3) is 3.94. The van der Waals surface area contributed by atoms with E-state index in [1.54, 1.807) is 25.3 Å². The third-order valence-corrected chi connectivity index (χ3v) is 5.82. The number of benzene rings is 1. The number of fused-ring (bicyclic) bond motifs is 2. The highest BCUT2D eigenvalue weighted by Crippen LogP contribution is 2.40. The van der Waals surface area contributed by atoms with Crippen molar-refractivity contribution in [3.8, 4) is 5.75 Å². The monoisotopic (exact) mass is 408 g/mol. The van der Waals surface area contributed by atoms with Gasteiger partial charge in [0.15, 0.2) is 12.4 Å². The van der Waals surface area contributed by atoms with E-state index in [2.05, 4.69) is 15.9 Å². The maximum Gasteiger partial charge on any atom is 0.309 e. The number of ether oxygens (including phenoxy) is 2. The van der Waals surface area contributed by atoms with Crippen LogP contribution in [0.2, 0.25) is 0 Å². The summed E-state index contributed by atoms with van der Waals surface area (Å²) in [6, 6.07) is 4.98.